The molecule has 162 valence electrons. The van der Waals surface area contributed by atoms with E-state index in [-0.39, 0.29) is 19.1 Å². The Morgan fingerprint density at radius 3 is 2.30 bits per heavy atom. The largest absolute Gasteiger partial charge is 0.484 e. The monoisotopic (exact) mass is 414 g/mol. The van der Waals surface area contributed by atoms with Crippen molar-refractivity contribution < 1.29 is 18.7 Å². The van der Waals surface area contributed by atoms with Crippen LogP contribution >= 0.6 is 0 Å². The van der Waals surface area contributed by atoms with Gasteiger partial charge < -0.3 is 15.0 Å². The second kappa shape index (κ2) is 10.2. The van der Waals surface area contributed by atoms with E-state index in [1.165, 1.54) is 16.5 Å². The van der Waals surface area contributed by atoms with Gasteiger partial charge in [-0.15, -0.1) is 0 Å². The first-order valence-corrected chi connectivity index (χ1v) is 10.2. The Hall–Kier alpha value is -2.89. The van der Waals surface area contributed by atoms with Crippen LogP contribution in [-0.4, -0.2) is 34.9 Å². The highest BCUT2D eigenvalue weighted by Gasteiger charge is 2.29. The summed E-state index contributed by atoms with van der Waals surface area (Å²) >= 11 is 0. The number of nitrogens with zero attached hydrogens (tertiary/aromatic N) is 1. The van der Waals surface area contributed by atoms with Crippen molar-refractivity contribution in [2.24, 2.45) is 0 Å². The van der Waals surface area contributed by atoms with Gasteiger partial charge in [0.2, 0.25) is 5.91 Å². The summed E-state index contributed by atoms with van der Waals surface area (Å²) in [5, 5.41) is 2.87. The molecule has 0 heterocycles. The first kappa shape index (κ1) is 23.4. The van der Waals surface area contributed by atoms with Crippen molar-refractivity contribution in [3.05, 3.63) is 65.5 Å². The Bertz CT molecular complexity index is 859. The summed E-state index contributed by atoms with van der Waals surface area (Å²) in [6.45, 7) is 9.02. The number of carbonyl (C=O) groups is 2. The van der Waals surface area contributed by atoms with Crippen molar-refractivity contribution in [2.75, 3.05) is 6.61 Å². The van der Waals surface area contributed by atoms with Gasteiger partial charge in [0.25, 0.3) is 5.91 Å². The number of aryl methyl sites for hydroxylation is 1. The molecule has 1 atom stereocenters. The van der Waals surface area contributed by atoms with Crippen LogP contribution in [0.2, 0.25) is 0 Å². The van der Waals surface area contributed by atoms with E-state index in [0.29, 0.717) is 11.3 Å². The molecule has 5 nitrogen and oxygen atoms in total. The van der Waals surface area contributed by atoms with E-state index in [0.717, 1.165) is 6.42 Å². The van der Waals surface area contributed by atoms with E-state index < -0.39 is 23.3 Å². The molecule has 0 aliphatic rings. The van der Waals surface area contributed by atoms with Crippen molar-refractivity contribution in [2.45, 2.75) is 59.2 Å². The Kier molecular flexibility index (Phi) is 7.98. The van der Waals surface area contributed by atoms with Gasteiger partial charge in [0.05, 0.1) is 0 Å². The zero-order valence-electron chi connectivity index (χ0n) is 18.4. The van der Waals surface area contributed by atoms with E-state index in [1.807, 2.05) is 45.0 Å². The molecule has 2 amide bonds. The van der Waals surface area contributed by atoms with E-state index in [9.17, 15) is 14.0 Å². The lowest BCUT2D eigenvalue weighted by Crippen LogP contribution is -2.53. The van der Waals surface area contributed by atoms with Gasteiger partial charge in [0.1, 0.15) is 17.6 Å². The highest BCUT2D eigenvalue weighted by molar-refractivity contribution is 5.88. The van der Waals surface area contributed by atoms with Crippen LogP contribution in [0.5, 0.6) is 5.75 Å². The van der Waals surface area contributed by atoms with Gasteiger partial charge in [-0.25, -0.2) is 4.39 Å². The molecule has 2 aromatic carbocycles. The van der Waals surface area contributed by atoms with Gasteiger partial charge in [-0.1, -0.05) is 37.3 Å². The average Bonchev–Trinajstić information content (AvgIpc) is 2.70. The first-order valence-electron chi connectivity index (χ1n) is 10.2. The lowest BCUT2D eigenvalue weighted by molar-refractivity contribution is -0.142. The quantitative estimate of drug-likeness (QED) is 0.708. The van der Waals surface area contributed by atoms with Crippen molar-refractivity contribution in [1.82, 2.24) is 10.2 Å². The summed E-state index contributed by atoms with van der Waals surface area (Å²) < 4.78 is 19.8. The highest BCUT2D eigenvalue weighted by Crippen LogP contribution is 2.16. The molecular formula is C24H31FN2O3. The molecule has 30 heavy (non-hydrogen) atoms. The summed E-state index contributed by atoms with van der Waals surface area (Å²) in [4.78, 5) is 27.0. The van der Waals surface area contributed by atoms with E-state index >= 15 is 0 Å². The smallest absolute Gasteiger partial charge is 0.261 e. The number of halogens is 1. The molecule has 0 saturated heterocycles. The van der Waals surface area contributed by atoms with Crippen LogP contribution in [0.25, 0.3) is 0 Å². The second-order valence-corrected chi connectivity index (χ2v) is 8.31. The predicted molar refractivity (Wildman–Crippen MR) is 116 cm³/mol. The summed E-state index contributed by atoms with van der Waals surface area (Å²) in [6.07, 6.45) is 0.913. The van der Waals surface area contributed by atoms with Crippen LogP contribution in [-0.2, 0) is 22.6 Å². The molecule has 1 unspecified atom stereocenters. The molecule has 0 aliphatic heterocycles. The Balaban J connectivity index is 2.16. The lowest BCUT2D eigenvalue weighted by Gasteiger charge is -2.31. The van der Waals surface area contributed by atoms with Crippen LogP contribution in [0, 0.1) is 5.82 Å². The van der Waals surface area contributed by atoms with Gasteiger partial charge in [-0.3, -0.25) is 9.59 Å². The van der Waals surface area contributed by atoms with Gasteiger partial charge in [-0.05, 0) is 57.9 Å². The zero-order chi connectivity index (χ0) is 22.3. The number of benzene rings is 2. The first-order chi connectivity index (χ1) is 14.1. The molecule has 0 fully saturated rings. The molecule has 0 saturated carbocycles. The fourth-order valence-corrected chi connectivity index (χ4v) is 2.92. The number of carbonyl (C=O) groups excluding carboxylic acids is 2. The van der Waals surface area contributed by atoms with Crippen molar-refractivity contribution >= 4 is 11.8 Å². The standard InChI is InChI=1S/C24H31FN2O3/c1-6-18-11-13-20(14-12-18)30-16-22(28)27(15-19-9-7-8-10-21(19)25)17(2)23(29)26-24(3,4)5/h7-14,17H,6,15-16H2,1-5H3,(H,26,29). The van der Waals surface area contributed by atoms with Crippen LogP contribution < -0.4 is 10.1 Å². The molecular weight excluding hydrogens is 383 g/mol. The molecule has 1 N–H and O–H groups in total. The van der Waals surface area contributed by atoms with Crippen LogP contribution in [0.4, 0.5) is 4.39 Å². The fourth-order valence-electron chi connectivity index (χ4n) is 2.92. The third-order valence-electron chi connectivity index (χ3n) is 4.66. The minimum Gasteiger partial charge on any atom is -0.484 e. The average molecular weight is 415 g/mol. The molecule has 0 aliphatic carbocycles. The number of amides is 2. The topological polar surface area (TPSA) is 58.6 Å². The molecule has 6 heteroatoms. The number of hydrogen-bond acceptors (Lipinski definition) is 3. The van der Waals surface area contributed by atoms with Crippen LogP contribution in [0.3, 0.4) is 0 Å². The lowest BCUT2D eigenvalue weighted by atomic mass is 10.1. The van der Waals surface area contributed by atoms with E-state index in [2.05, 4.69) is 12.2 Å². The van der Waals surface area contributed by atoms with Crippen molar-refractivity contribution in [3.63, 3.8) is 0 Å². The maximum Gasteiger partial charge on any atom is 0.261 e. The third-order valence-corrected chi connectivity index (χ3v) is 4.66. The summed E-state index contributed by atoms with van der Waals surface area (Å²) in [5.41, 5.74) is 1.06. The van der Waals surface area contributed by atoms with E-state index in [4.69, 9.17) is 4.74 Å². The van der Waals surface area contributed by atoms with Crippen LogP contribution in [0.1, 0.15) is 45.7 Å². The number of hydrogen-bond donors (Lipinski definition) is 1. The highest BCUT2D eigenvalue weighted by atomic mass is 19.1. The van der Waals surface area contributed by atoms with Gasteiger partial charge in [-0.2, -0.15) is 0 Å². The van der Waals surface area contributed by atoms with Crippen molar-refractivity contribution in [3.8, 4) is 5.75 Å². The number of nitrogens with one attached hydrogen (secondary N) is 1. The Morgan fingerprint density at radius 1 is 1.10 bits per heavy atom. The molecule has 0 spiro atoms. The maximum absolute atomic E-state index is 14.2. The van der Waals surface area contributed by atoms with Gasteiger partial charge in [0, 0.05) is 17.6 Å². The fraction of sp³-hybridized carbons (Fsp3) is 0.417. The maximum atomic E-state index is 14.2. The normalized spacial score (nSPS) is 12.2. The van der Waals surface area contributed by atoms with E-state index in [1.54, 1.807) is 25.1 Å². The predicted octanol–water partition coefficient (Wildman–Crippen LogP) is 4.10. The number of ether oxygens (including phenoxy) is 1. The SMILES string of the molecule is CCc1ccc(OCC(=O)N(Cc2ccccc2F)C(C)C(=O)NC(C)(C)C)cc1. The Morgan fingerprint density at radius 2 is 1.73 bits per heavy atom. The second-order valence-electron chi connectivity index (χ2n) is 8.31. The number of rotatable bonds is 8. The molecule has 0 aromatic heterocycles. The molecule has 0 bridgehead atoms. The van der Waals surface area contributed by atoms with Crippen LogP contribution in [0.15, 0.2) is 48.5 Å². The van der Waals surface area contributed by atoms with Gasteiger partial charge >= 0.3 is 0 Å². The summed E-state index contributed by atoms with van der Waals surface area (Å²) in [6, 6.07) is 12.9. The summed E-state index contributed by atoms with van der Waals surface area (Å²) in [7, 11) is 0. The molecule has 2 rings (SSSR count). The molecule has 0 radical (unpaired) electrons. The minimum absolute atomic E-state index is 0.0254. The summed E-state index contributed by atoms with van der Waals surface area (Å²) in [5.74, 6) is -0.554. The third kappa shape index (κ3) is 6.87. The minimum atomic E-state index is -0.789. The molecule has 2 aromatic rings. The van der Waals surface area contributed by atoms with Crippen molar-refractivity contribution in [1.29, 1.82) is 0 Å². The zero-order valence-corrected chi connectivity index (χ0v) is 18.4. The Labute approximate surface area is 178 Å². The van der Waals surface area contributed by atoms with Gasteiger partial charge in [0.15, 0.2) is 6.61 Å².